The van der Waals surface area contributed by atoms with Gasteiger partial charge in [0.05, 0.1) is 7.11 Å². The second-order valence-corrected chi connectivity index (χ2v) is 5.01. The van der Waals surface area contributed by atoms with Gasteiger partial charge < -0.3 is 15.8 Å². The van der Waals surface area contributed by atoms with Crippen LogP contribution in [0.2, 0.25) is 0 Å². The van der Waals surface area contributed by atoms with Crippen LogP contribution in [0.4, 0.5) is 0 Å². The average molecular weight is 306 g/mol. The van der Waals surface area contributed by atoms with Crippen molar-refractivity contribution in [2.24, 2.45) is 10.7 Å². The summed E-state index contributed by atoms with van der Waals surface area (Å²) < 4.78 is 4.59. The predicted octanol–water partition coefficient (Wildman–Crippen LogP) is 1.65. The van der Waals surface area contributed by atoms with Crippen molar-refractivity contribution in [1.82, 2.24) is 10.3 Å². The van der Waals surface area contributed by atoms with Crippen LogP contribution in [-0.2, 0) is 16.0 Å². The fourth-order valence-corrected chi connectivity index (χ4v) is 1.96. The molecule has 122 valence electrons. The number of guanidine groups is 1. The highest BCUT2D eigenvalue weighted by Gasteiger charge is 1.99. The van der Waals surface area contributed by atoms with Gasteiger partial charge in [-0.2, -0.15) is 0 Å². The Morgan fingerprint density at radius 3 is 2.86 bits per heavy atom. The number of carbonyl (C=O) groups is 1. The molecule has 0 aliphatic carbocycles. The third kappa shape index (κ3) is 8.94. The van der Waals surface area contributed by atoms with Crippen molar-refractivity contribution in [3.8, 4) is 0 Å². The van der Waals surface area contributed by atoms with E-state index in [1.807, 2.05) is 18.2 Å². The molecular weight excluding hydrogens is 280 g/mol. The lowest BCUT2D eigenvalue weighted by molar-refractivity contribution is -0.140. The highest BCUT2D eigenvalue weighted by molar-refractivity contribution is 5.77. The predicted molar refractivity (Wildman–Crippen MR) is 87.5 cm³/mol. The third-order valence-corrected chi connectivity index (χ3v) is 3.21. The van der Waals surface area contributed by atoms with Gasteiger partial charge in [0.25, 0.3) is 0 Å². The van der Waals surface area contributed by atoms with E-state index in [1.54, 1.807) is 6.20 Å². The van der Waals surface area contributed by atoms with E-state index in [1.165, 1.54) is 7.11 Å². The number of pyridine rings is 1. The molecular formula is C16H26N4O2. The maximum Gasteiger partial charge on any atom is 0.305 e. The summed E-state index contributed by atoms with van der Waals surface area (Å²) >= 11 is 0. The van der Waals surface area contributed by atoms with E-state index in [-0.39, 0.29) is 5.97 Å². The number of nitrogens with one attached hydrogen (secondary N) is 1. The van der Waals surface area contributed by atoms with Crippen molar-refractivity contribution < 1.29 is 9.53 Å². The Balaban J connectivity index is 2.00. The number of ether oxygens (including phenoxy) is 1. The number of nitrogens with zero attached hydrogens (tertiary/aromatic N) is 2. The molecule has 6 heteroatoms. The Hall–Kier alpha value is -2.11. The van der Waals surface area contributed by atoms with Crippen LogP contribution < -0.4 is 11.1 Å². The number of rotatable bonds is 10. The number of esters is 1. The summed E-state index contributed by atoms with van der Waals surface area (Å²) in [5.74, 6) is 0.338. The first-order valence-corrected chi connectivity index (χ1v) is 7.73. The van der Waals surface area contributed by atoms with E-state index in [0.717, 1.165) is 44.3 Å². The molecule has 0 spiro atoms. The highest BCUT2D eigenvalue weighted by atomic mass is 16.5. The van der Waals surface area contributed by atoms with E-state index >= 15 is 0 Å². The molecule has 0 bridgehead atoms. The zero-order valence-electron chi connectivity index (χ0n) is 13.3. The van der Waals surface area contributed by atoms with Gasteiger partial charge in [-0.25, -0.2) is 0 Å². The molecule has 0 unspecified atom stereocenters. The molecule has 6 nitrogen and oxygen atoms in total. The topological polar surface area (TPSA) is 89.6 Å². The van der Waals surface area contributed by atoms with Gasteiger partial charge in [-0.3, -0.25) is 14.8 Å². The molecule has 0 aromatic carbocycles. The molecule has 22 heavy (non-hydrogen) atoms. The van der Waals surface area contributed by atoms with Gasteiger partial charge in [0.15, 0.2) is 5.96 Å². The minimum Gasteiger partial charge on any atom is -0.469 e. The summed E-state index contributed by atoms with van der Waals surface area (Å²) in [6.45, 7) is 1.44. The molecule has 1 heterocycles. The van der Waals surface area contributed by atoms with Gasteiger partial charge in [-0.1, -0.05) is 18.9 Å². The number of hydrogen-bond acceptors (Lipinski definition) is 4. The smallest absolute Gasteiger partial charge is 0.305 e. The molecule has 0 aliphatic heterocycles. The number of methoxy groups -OCH3 is 1. The van der Waals surface area contributed by atoms with E-state index in [9.17, 15) is 4.79 Å². The zero-order valence-corrected chi connectivity index (χ0v) is 13.3. The van der Waals surface area contributed by atoms with Crippen LogP contribution in [0, 0.1) is 0 Å². The highest BCUT2D eigenvalue weighted by Crippen LogP contribution is 2.03. The zero-order chi connectivity index (χ0) is 16.0. The molecule has 1 aromatic rings. The molecule has 0 atom stereocenters. The summed E-state index contributed by atoms with van der Waals surface area (Å²) in [5.41, 5.74) is 6.83. The average Bonchev–Trinajstić information content (AvgIpc) is 2.54. The number of carbonyl (C=O) groups excluding carboxylic acids is 1. The summed E-state index contributed by atoms with van der Waals surface area (Å²) in [4.78, 5) is 19.4. The first-order valence-electron chi connectivity index (χ1n) is 7.73. The van der Waals surface area contributed by atoms with Gasteiger partial charge in [0.1, 0.15) is 0 Å². The Kier molecular flexibility index (Phi) is 9.41. The second-order valence-electron chi connectivity index (χ2n) is 5.01. The van der Waals surface area contributed by atoms with E-state index in [2.05, 4.69) is 20.0 Å². The van der Waals surface area contributed by atoms with Crippen LogP contribution in [0.1, 0.15) is 37.8 Å². The lowest BCUT2D eigenvalue weighted by atomic mass is 10.1. The first-order chi connectivity index (χ1) is 10.7. The van der Waals surface area contributed by atoms with E-state index < -0.39 is 0 Å². The molecule has 1 aromatic heterocycles. The van der Waals surface area contributed by atoms with Crippen LogP contribution in [0.3, 0.4) is 0 Å². The normalized spacial score (nSPS) is 11.2. The van der Waals surface area contributed by atoms with Gasteiger partial charge in [0, 0.05) is 37.8 Å². The minimum absolute atomic E-state index is 0.139. The van der Waals surface area contributed by atoms with Gasteiger partial charge in [-0.15, -0.1) is 0 Å². The van der Waals surface area contributed by atoms with Crippen molar-refractivity contribution in [1.29, 1.82) is 0 Å². The summed E-state index contributed by atoms with van der Waals surface area (Å²) in [7, 11) is 1.42. The lowest BCUT2D eigenvalue weighted by Crippen LogP contribution is -2.33. The standard InChI is InChI=1S/C16H26N4O2/c1-22-15(21)9-4-2-3-6-12-19-16(17)20-13-10-14-8-5-7-11-18-14/h5,7-8,11H,2-4,6,9-10,12-13H2,1H3,(H3,17,19,20). The molecule has 0 saturated carbocycles. The minimum atomic E-state index is -0.139. The first kappa shape index (κ1) is 17.9. The number of hydrogen-bond donors (Lipinski definition) is 2. The maximum absolute atomic E-state index is 10.9. The van der Waals surface area contributed by atoms with E-state index in [4.69, 9.17) is 5.73 Å². The summed E-state index contributed by atoms with van der Waals surface area (Å²) in [5, 5.41) is 3.08. The summed E-state index contributed by atoms with van der Waals surface area (Å²) in [6, 6.07) is 5.86. The fraction of sp³-hybridized carbons (Fsp3) is 0.562. The SMILES string of the molecule is COC(=O)CCCCCCN=C(N)NCCc1ccccn1. The third-order valence-electron chi connectivity index (χ3n) is 3.21. The van der Waals surface area contributed by atoms with Crippen LogP contribution in [0.15, 0.2) is 29.4 Å². The molecule has 0 fully saturated rings. The largest absolute Gasteiger partial charge is 0.469 e. The molecule has 0 amide bonds. The molecule has 0 aliphatic rings. The quantitative estimate of drug-likeness (QED) is 0.297. The number of aromatic nitrogens is 1. The second kappa shape index (κ2) is 11.5. The van der Waals surface area contributed by atoms with Crippen LogP contribution in [0.5, 0.6) is 0 Å². The van der Waals surface area contributed by atoms with Crippen molar-refractivity contribution in [3.05, 3.63) is 30.1 Å². The van der Waals surface area contributed by atoms with Gasteiger partial charge >= 0.3 is 5.97 Å². The molecule has 0 saturated heterocycles. The number of aliphatic imine (C=N–C) groups is 1. The number of unbranched alkanes of at least 4 members (excludes halogenated alkanes) is 3. The monoisotopic (exact) mass is 306 g/mol. The molecule has 0 radical (unpaired) electrons. The van der Waals surface area contributed by atoms with Crippen LogP contribution in [-0.4, -0.2) is 37.1 Å². The van der Waals surface area contributed by atoms with Crippen LogP contribution in [0.25, 0.3) is 0 Å². The Bertz CT molecular complexity index is 449. The van der Waals surface area contributed by atoms with Crippen molar-refractivity contribution in [3.63, 3.8) is 0 Å². The molecule has 1 rings (SSSR count). The summed E-state index contributed by atoms with van der Waals surface area (Å²) in [6.07, 6.45) is 7.01. The van der Waals surface area contributed by atoms with E-state index in [0.29, 0.717) is 18.9 Å². The Morgan fingerprint density at radius 2 is 2.14 bits per heavy atom. The fourth-order valence-electron chi connectivity index (χ4n) is 1.96. The maximum atomic E-state index is 10.9. The van der Waals surface area contributed by atoms with Crippen molar-refractivity contribution >= 4 is 11.9 Å². The van der Waals surface area contributed by atoms with Crippen molar-refractivity contribution in [2.75, 3.05) is 20.2 Å². The Labute approximate surface area is 132 Å². The number of nitrogens with two attached hydrogens (primary N) is 1. The van der Waals surface area contributed by atoms with Crippen LogP contribution >= 0.6 is 0 Å². The molecule has 3 N–H and O–H groups in total. The lowest BCUT2D eigenvalue weighted by Gasteiger charge is -2.05. The Morgan fingerprint density at radius 1 is 1.32 bits per heavy atom. The van der Waals surface area contributed by atoms with Gasteiger partial charge in [-0.05, 0) is 25.0 Å². The van der Waals surface area contributed by atoms with Crippen molar-refractivity contribution in [2.45, 2.75) is 38.5 Å². The van der Waals surface area contributed by atoms with Gasteiger partial charge in [0.2, 0.25) is 0 Å².